The predicted molar refractivity (Wildman–Crippen MR) is 59.8 cm³/mol. The van der Waals surface area contributed by atoms with E-state index in [4.69, 9.17) is 12.8 Å². The SMILES string of the molecule is C#Cc1cccc2c(C#C)cccc12. The summed E-state index contributed by atoms with van der Waals surface area (Å²) in [5.74, 6) is 5.31. The van der Waals surface area contributed by atoms with Gasteiger partial charge in [-0.05, 0) is 22.9 Å². The van der Waals surface area contributed by atoms with Crippen molar-refractivity contribution in [2.24, 2.45) is 0 Å². The van der Waals surface area contributed by atoms with E-state index in [0.29, 0.717) is 0 Å². The van der Waals surface area contributed by atoms with Crippen molar-refractivity contribution < 1.29 is 0 Å². The molecule has 0 saturated heterocycles. The lowest BCUT2D eigenvalue weighted by Gasteiger charge is -2.02. The normalized spacial score (nSPS) is 9.29. The molecule has 0 unspecified atom stereocenters. The average molecular weight is 176 g/mol. The summed E-state index contributed by atoms with van der Waals surface area (Å²) < 4.78 is 0. The van der Waals surface area contributed by atoms with Crippen molar-refractivity contribution in [2.45, 2.75) is 0 Å². The Hall–Kier alpha value is -2.18. The fraction of sp³-hybridized carbons (Fsp3) is 0. The second-order valence-electron chi connectivity index (χ2n) is 2.99. The Balaban J connectivity index is 2.95. The fourth-order valence-corrected chi connectivity index (χ4v) is 1.56. The van der Waals surface area contributed by atoms with Crippen LogP contribution in [0.4, 0.5) is 0 Å². The van der Waals surface area contributed by atoms with Gasteiger partial charge in [0.2, 0.25) is 0 Å². The summed E-state index contributed by atoms with van der Waals surface area (Å²) in [5, 5.41) is 2.09. The molecule has 0 amide bonds. The zero-order valence-corrected chi connectivity index (χ0v) is 7.62. The molecule has 0 heterocycles. The zero-order chi connectivity index (χ0) is 9.97. The van der Waals surface area contributed by atoms with Crippen LogP contribution in [0.25, 0.3) is 10.8 Å². The molecule has 0 saturated carbocycles. The third kappa shape index (κ3) is 1.15. The summed E-state index contributed by atoms with van der Waals surface area (Å²) in [4.78, 5) is 0. The maximum Gasteiger partial charge on any atom is 0.0321 e. The first-order valence-corrected chi connectivity index (χ1v) is 4.32. The second kappa shape index (κ2) is 3.29. The highest BCUT2D eigenvalue weighted by molar-refractivity contribution is 5.92. The van der Waals surface area contributed by atoms with E-state index in [1.165, 1.54) is 0 Å². The number of rotatable bonds is 0. The number of hydrogen-bond donors (Lipinski definition) is 0. The zero-order valence-electron chi connectivity index (χ0n) is 7.62. The van der Waals surface area contributed by atoms with E-state index in [1.54, 1.807) is 0 Å². The van der Waals surface area contributed by atoms with Crippen LogP contribution in [0, 0.1) is 24.7 Å². The van der Waals surface area contributed by atoms with Crippen LogP contribution in [0.1, 0.15) is 11.1 Å². The first-order chi connectivity index (χ1) is 6.86. The van der Waals surface area contributed by atoms with Crippen molar-refractivity contribution in [3.63, 3.8) is 0 Å². The summed E-state index contributed by atoms with van der Waals surface area (Å²) in [6, 6.07) is 11.7. The van der Waals surface area contributed by atoms with Crippen molar-refractivity contribution in [1.82, 2.24) is 0 Å². The van der Waals surface area contributed by atoms with E-state index in [0.717, 1.165) is 21.9 Å². The lowest BCUT2D eigenvalue weighted by Crippen LogP contribution is -1.82. The second-order valence-corrected chi connectivity index (χ2v) is 2.99. The summed E-state index contributed by atoms with van der Waals surface area (Å²) in [5.41, 5.74) is 1.78. The first kappa shape index (κ1) is 8.42. The molecule has 0 spiro atoms. The molecule has 2 aromatic rings. The molecular formula is C14H8. The van der Waals surface area contributed by atoms with Gasteiger partial charge in [-0.3, -0.25) is 0 Å². The third-order valence-electron chi connectivity index (χ3n) is 2.23. The molecular weight excluding hydrogens is 168 g/mol. The monoisotopic (exact) mass is 176 g/mol. The van der Waals surface area contributed by atoms with Gasteiger partial charge < -0.3 is 0 Å². The van der Waals surface area contributed by atoms with Gasteiger partial charge in [-0.25, -0.2) is 0 Å². The van der Waals surface area contributed by atoms with Crippen LogP contribution in [0.15, 0.2) is 36.4 Å². The Morgan fingerprint density at radius 1 is 0.714 bits per heavy atom. The molecule has 0 aliphatic heterocycles. The minimum atomic E-state index is 0.889. The van der Waals surface area contributed by atoms with Gasteiger partial charge in [0.1, 0.15) is 0 Å². The molecule has 0 atom stereocenters. The van der Waals surface area contributed by atoms with Crippen molar-refractivity contribution in [3.05, 3.63) is 47.5 Å². The van der Waals surface area contributed by atoms with Gasteiger partial charge in [0.15, 0.2) is 0 Å². The van der Waals surface area contributed by atoms with Crippen LogP contribution in [0.5, 0.6) is 0 Å². The van der Waals surface area contributed by atoms with Crippen LogP contribution in [0.3, 0.4) is 0 Å². The molecule has 0 bridgehead atoms. The van der Waals surface area contributed by atoms with Crippen LogP contribution >= 0.6 is 0 Å². The maximum atomic E-state index is 5.41. The fourth-order valence-electron chi connectivity index (χ4n) is 1.56. The topological polar surface area (TPSA) is 0 Å². The molecule has 0 aliphatic rings. The van der Waals surface area contributed by atoms with Gasteiger partial charge in [-0.2, -0.15) is 0 Å². The van der Waals surface area contributed by atoms with Gasteiger partial charge in [-0.1, -0.05) is 36.1 Å². The number of benzene rings is 2. The summed E-state index contributed by atoms with van der Waals surface area (Å²) in [6.45, 7) is 0. The Labute approximate surface area is 83.6 Å². The molecule has 0 heteroatoms. The van der Waals surface area contributed by atoms with Crippen molar-refractivity contribution >= 4 is 10.8 Å². The minimum absolute atomic E-state index is 0.889. The van der Waals surface area contributed by atoms with Crippen molar-refractivity contribution in [3.8, 4) is 24.7 Å². The average Bonchev–Trinajstić information content (AvgIpc) is 2.27. The van der Waals surface area contributed by atoms with E-state index in [-0.39, 0.29) is 0 Å². The molecule has 0 nitrogen and oxygen atoms in total. The molecule has 0 aliphatic carbocycles. The molecule has 14 heavy (non-hydrogen) atoms. The highest BCUT2D eigenvalue weighted by Gasteiger charge is 2.00. The molecule has 64 valence electrons. The molecule has 0 N–H and O–H groups in total. The van der Waals surface area contributed by atoms with Gasteiger partial charge in [-0.15, -0.1) is 12.8 Å². The summed E-state index contributed by atoms with van der Waals surface area (Å²) in [7, 11) is 0. The molecule has 0 fully saturated rings. The number of fused-ring (bicyclic) bond motifs is 1. The van der Waals surface area contributed by atoms with Crippen LogP contribution in [0.2, 0.25) is 0 Å². The van der Waals surface area contributed by atoms with Gasteiger partial charge >= 0.3 is 0 Å². The van der Waals surface area contributed by atoms with Crippen LogP contribution in [-0.4, -0.2) is 0 Å². The molecule has 0 aromatic heterocycles. The van der Waals surface area contributed by atoms with Gasteiger partial charge in [0.25, 0.3) is 0 Å². The highest BCUT2D eigenvalue weighted by Crippen LogP contribution is 2.21. The van der Waals surface area contributed by atoms with Gasteiger partial charge in [0.05, 0.1) is 0 Å². The van der Waals surface area contributed by atoms with Crippen molar-refractivity contribution in [1.29, 1.82) is 0 Å². The minimum Gasteiger partial charge on any atom is -0.115 e. The van der Waals surface area contributed by atoms with E-state index in [2.05, 4.69) is 11.8 Å². The maximum absolute atomic E-state index is 5.41. The van der Waals surface area contributed by atoms with E-state index < -0.39 is 0 Å². The van der Waals surface area contributed by atoms with Crippen LogP contribution in [-0.2, 0) is 0 Å². The Kier molecular flexibility index (Phi) is 1.98. The third-order valence-corrected chi connectivity index (χ3v) is 2.23. The predicted octanol–water partition coefficient (Wildman–Crippen LogP) is 2.80. The highest BCUT2D eigenvalue weighted by atomic mass is 14.0. The number of terminal acetylenes is 2. The quantitative estimate of drug-likeness (QED) is 0.541. The summed E-state index contributed by atoms with van der Waals surface area (Å²) >= 11 is 0. The summed E-state index contributed by atoms with van der Waals surface area (Å²) in [6.07, 6.45) is 10.8. The lowest BCUT2D eigenvalue weighted by molar-refractivity contribution is 1.67. The lowest BCUT2D eigenvalue weighted by atomic mass is 10.0. The molecule has 2 rings (SSSR count). The van der Waals surface area contributed by atoms with Gasteiger partial charge in [0, 0.05) is 11.1 Å². The Morgan fingerprint density at radius 3 is 1.50 bits per heavy atom. The Morgan fingerprint density at radius 2 is 1.14 bits per heavy atom. The molecule has 2 aromatic carbocycles. The Bertz CT molecular complexity index is 509. The largest absolute Gasteiger partial charge is 0.115 e. The van der Waals surface area contributed by atoms with Crippen molar-refractivity contribution in [2.75, 3.05) is 0 Å². The number of hydrogen-bond acceptors (Lipinski definition) is 0. The molecule has 0 radical (unpaired) electrons. The first-order valence-electron chi connectivity index (χ1n) is 4.32. The standard InChI is InChI=1S/C14H8/c1-3-11-7-5-10-14-12(4-2)8-6-9-13(11)14/h1-2,5-10H. The van der Waals surface area contributed by atoms with E-state index >= 15 is 0 Å². The van der Waals surface area contributed by atoms with E-state index in [9.17, 15) is 0 Å². The smallest absolute Gasteiger partial charge is 0.0321 e. The van der Waals surface area contributed by atoms with Crippen LogP contribution < -0.4 is 0 Å². The van der Waals surface area contributed by atoms with E-state index in [1.807, 2.05) is 36.4 Å².